The molecule has 1 amide bonds. The summed E-state index contributed by atoms with van der Waals surface area (Å²) in [5, 5.41) is 2.97. The summed E-state index contributed by atoms with van der Waals surface area (Å²) in [5.41, 5.74) is 6.10. The second-order valence-corrected chi connectivity index (χ2v) is 6.52. The van der Waals surface area contributed by atoms with E-state index < -0.39 is 5.41 Å². The van der Waals surface area contributed by atoms with Crippen LogP contribution in [0, 0.1) is 5.41 Å². The Morgan fingerprint density at radius 2 is 1.96 bits per heavy atom. The van der Waals surface area contributed by atoms with Crippen LogP contribution in [0.15, 0.2) is 24.3 Å². The second-order valence-electron chi connectivity index (χ2n) is 6.52. The monoisotopic (exact) mass is 370 g/mol. The number of benzene rings is 1. The molecule has 140 valence electrons. The summed E-state index contributed by atoms with van der Waals surface area (Å²) >= 11 is 0. The lowest BCUT2D eigenvalue weighted by Gasteiger charge is -2.34. The predicted octanol–water partition coefficient (Wildman–Crippen LogP) is 2.36. The quantitative estimate of drug-likeness (QED) is 0.803. The molecule has 0 saturated carbocycles. The van der Waals surface area contributed by atoms with Crippen molar-refractivity contribution in [1.82, 2.24) is 0 Å². The third kappa shape index (κ3) is 5.07. The van der Waals surface area contributed by atoms with Gasteiger partial charge >= 0.3 is 0 Å². The van der Waals surface area contributed by atoms with Gasteiger partial charge in [0.15, 0.2) is 0 Å². The number of carbonyl (C=O) groups excluding carboxylic acids is 1. The first-order chi connectivity index (χ1) is 11.7. The highest BCUT2D eigenvalue weighted by Gasteiger charge is 2.38. The molecule has 7 heteroatoms. The molecule has 25 heavy (non-hydrogen) atoms. The Morgan fingerprint density at radius 1 is 1.24 bits per heavy atom. The number of halogens is 1. The fourth-order valence-electron chi connectivity index (χ4n) is 3.15. The molecule has 1 unspecified atom stereocenters. The van der Waals surface area contributed by atoms with Crippen LogP contribution in [0.1, 0.15) is 25.7 Å². The molecule has 0 radical (unpaired) electrons. The zero-order chi connectivity index (χ0) is 16.8. The fraction of sp³-hybridized carbons (Fsp3) is 0.611. The molecule has 2 aliphatic rings. The van der Waals surface area contributed by atoms with E-state index in [1.165, 1.54) is 0 Å². The van der Waals surface area contributed by atoms with Crippen LogP contribution in [0.5, 0.6) is 5.75 Å². The predicted molar refractivity (Wildman–Crippen MR) is 98.3 cm³/mol. The Kier molecular flexibility index (Phi) is 7.50. The third-order valence-electron chi connectivity index (χ3n) is 4.89. The molecule has 0 spiro atoms. The van der Waals surface area contributed by atoms with Gasteiger partial charge in [0.2, 0.25) is 5.91 Å². The van der Waals surface area contributed by atoms with Crippen molar-refractivity contribution < 1.29 is 19.0 Å². The number of carbonyl (C=O) groups is 1. The largest absolute Gasteiger partial charge is 0.491 e. The minimum atomic E-state index is -0.521. The number of amides is 1. The van der Waals surface area contributed by atoms with Gasteiger partial charge in [-0.3, -0.25) is 4.79 Å². The summed E-state index contributed by atoms with van der Waals surface area (Å²) in [5.74, 6) is 0.754. The molecule has 3 rings (SSSR count). The van der Waals surface area contributed by atoms with Crippen LogP contribution < -0.4 is 15.8 Å². The second kappa shape index (κ2) is 9.38. The first-order valence-electron chi connectivity index (χ1n) is 8.66. The van der Waals surface area contributed by atoms with Crippen LogP contribution in [-0.4, -0.2) is 45.0 Å². The molecule has 1 atom stereocenters. The average molecular weight is 371 g/mol. The van der Waals surface area contributed by atoms with Gasteiger partial charge in [-0.15, -0.1) is 12.4 Å². The van der Waals surface area contributed by atoms with Gasteiger partial charge in [0.1, 0.15) is 12.4 Å². The Balaban J connectivity index is 0.00000225. The lowest BCUT2D eigenvalue weighted by atomic mass is 9.79. The van der Waals surface area contributed by atoms with E-state index in [4.69, 9.17) is 19.9 Å². The van der Waals surface area contributed by atoms with Crippen molar-refractivity contribution in [2.75, 3.05) is 38.3 Å². The Bertz CT molecular complexity index is 541. The number of anilines is 1. The molecule has 2 saturated heterocycles. The lowest BCUT2D eigenvalue weighted by Crippen LogP contribution is -2.46. The molecule has 0 aliphatic carbocycles. The van der Waals surface area contributed by atoms with Gasteiger partial charge < -0.3 is 25.3 Å². The number of rotatable bonds is 6. The smallest absolute Gasteiger partial charge is 0.232 e. The third-order valence-corrected chi connectivity index (χ3v) is 4.89. The molecular weight excluding hydrogens is 344 g/mol. The van der Waals surface area contributed by atoms with Crippen LogP contribution in [0.2, 0.25) is 0 Å². The van der Waals surface area contributed by atoms with Gasteiger partial charge in [0.05, 0.1) is 11.5 Å². The van der Waals surface area contributed by atoms with E-state index >= 15 is 0 Å². The Morgan fingerprint density at radius 3 is 2.56 bits per heavy atom. The Labute approximate surface area is 154 Å². The first kappa shape index (κ1) is 20.0. The minimum Gasteiger partial charge on any atom is -0.491 e. The average Bonchev–Trinajstić information content (AvgIpc) is 3.15. The van der Waals surface area contributed by atoms with Crippen LogP contribution in [0.25, 0.3) is 0 Å². The highest BCUT2D eigenvalue weighted by molar-refractivity contribution is 5.95. The summed E-state index contributed by atoms with van der Waals surface area (Å²) in [4.78, 5) is 12.6. The maximum atomic E-state index is 12.6. The first-order valence-corrected chi connectivity index (χ1v) is 8.66. The number of ether oxygens (including phenoxy) is 3. The van der Waals surface area contributed by atoms with Gasteiger partial charge in [0, 0.05) is 32.1 Å². The minimum absolute atomic E-state index is 0. The van der Waals surface area contributed by atoms with E-state index in [-0.39, 0.29) is 24.4 Å². The molecule has 2 heterocycles. The highest BCUT2D eigenvalue weighted by Crippen LogP contribution is 2.31. The molecular formula is C18H27ClN2O4. The number of nitrogens with two attached hydrogens (primary N) is 1. The summed E-state index contributed by atoms with van der Waals surface area (Å²) in [7, 11) is 0. The van der Waals surface area contributed by atoms with Gasteiger partial charge in [-0.1, -0.05) is 0 Å². The molecule has 6 nitrogen and oxygen atoms in total. The molecule has 2 fully saturated rings. The van der Waals surface area contributed by atoms with Gasteiger partial charge in [-0.25, -0.2) is 0 Å². The van der Waals surface area contributed by atoms with E-state index in [2.05, 4.69) is 5.32 Å². The zero-order valence-electron chi connectivity index (χ0n) is 14.4. The van der Waals surface area contributed by atoms with E-state index in [0.717, 1.165) is 30.9 Å². The lowest BCUT2D eigenvalue weighted by molar-refractivity contribution is -0.130. The fourth-order valence-corrected chi connectivity index (χ4v) is 3.15. The summed E-state index contributed by atoms with van der Waals surface area (Å²) in [6, 6.07) is 7.44. The van der Waals surface area contributed by atoms with Crippen molar-refractivity contribution in [3.63, 3.8) is 0 Å². The Hall–Kier alpha value is -1.34. The van der Waals surface area contributed by atoms with Gasteiger partial charge in [-0.2, -0.15) is 0 Å². The maximum absolute atomic E-state index is 12.6. The summed E-state index contributed by atoms with van der Waals surface area (Å²) < 4.78 is 16.6. The summed E-state index contributed by atoms with van der Waals surface area (Å²) in [6.07, 6.45) is 3.68. The standard InChI is InChI=1S/C18H26N2O4.ClH/c19-13-18(7-10-22-11-8-18)17(21)20-14-3-5-15(6-4-14)24-12-16-2-1-9-23-16;/h3-6,16H,1-2,7-13,19H2,(H,20,21);1H. The number of nitrogens with one attached hydrogen (secondary N) is 1. The van der Waals surface area contributed by atoms with Crippen molar-refractivity contribution in [3.8, 4) is 5.75 Å². The molecule has 0 aromatic heterocycles. The summed E-state index contributed by atoms with van der Waals surface area (Å²) in [6.45, 7) is 2.90. The van der Waals surface area contributed by atoms with E-state index in [0.29, 0.717) is 39.2 Å². The van der Waals surface area contributed by atoms with E-state index in [9.17, 15) is 4.79 Å². The van der Waals surface area contributed by atoms with Crippen LogP contribution in [-0.2, 0) is 14.3 Å². The topological polar surface area (TPSA) is 82.8 Å². The molecule has 3 N–H and O–H groups in total. The number of hydrogen-bond acceptors (Lipinski definition) is 5. The molecule has 2 aliphatic heterocycles. The van der Waals surface area contributed by atoms with Gasteiger partial charge in [-0.05, 0) is 49.9 Å². The molecule has 1 aromatic carbocycles. The zero-order valence-corrected chi connectivity index (χ0v) is 15.2. The van der Waals surface area contributed by atoms with Crippen molar-refractivity contribution >= 4 is 24.0 Å². The van der Waals surface area contributed by atoms with Crippen molar-refractivity contribution in [2.45, 2.75) is 31.8 Å². The number of hydrogen-bond donors (Lipinski definition) is 2. The van der Waals surface area contributed by atoms with E-state index in [1.54, 1.807) is 0 Å². The SMILES string of the molecule is Cl.NCC1(C(=O)Nc2ccc(OCC3CCCO3)cc2)CCOCC1. The van der Waals surface area contributed by atoms with Crippen molar-refractivity contribution in [1.29, 1.82) is 0 Å². The molecule has 0 bridgehead atoms. The van der Waals surface area contributed by atoms with Crippen molar-refractivity contribution in [2.24, 2.45) is 11.1 Å². The molecule has 1 aromatic rings. The van der Waals surface area contributed by atoms with Gasteiger partial charge in [0.25, 0.3) is 0 Å². The van der Waals surface area contributed by atoms with Crippen LogP contribution in [0.4, 0.5) is 5.69 Å². The van der Waals surface area contributed by atoms with E-state index in [1.807, 2.05) is 24.3 Å². The van der Waals surface area contributed by atoms with Crippen LogP contribution in [0.3, 0.4) is 0 Å². The van der Waals surface area contributed by atoms with Crippen molar-refractivity contribution in [3.05, 3.63) is 24.3 Å². The normalized spacial score (nSPS) is 22.0. The highest BCUT2D eigenvalue weighted by atomic mass is 35.5. The maximum Gasteiger partial charge on any atom is 0.232 e. The van der Waals surface area contributed by atoms with Crippen LogP contribution >= 0.6 is 12.4 Å².